The zero-order chi connectivity index (χ0) is 17.8. The summed E-state index contributed by atoms with van der Waals surface area (Å²) in [6.45, 7) is 4.98. The van der Waals surface area contributed by atoms with Gasteiger partial charge in [-0.3, -0.25) is 4.79 Å². The van der Waals surface area contributed by atoms with Crippen molar-refractivity contribution in [2.24, 2.45) is 0 Å². The minimum atomic E-state index is -0.213. The predicted molar refractivity (Wildman–Crippen MR) is 94.2 cm³/mol. The second-order valence-electron chi connectivity index (χ2n) is 6.34. The molecule has 0 aliphatic carbocycles. The van der Waals surface area contributed by atoms with Gasteiger partial charge in [0.1, 0.15) is 6.26 Å². The Bertz CT molecular complexity index is 739. The number of nitrogens with one attached hydrogen (secondary N) is 1. The van der Waals surface area contributed by atoms with Crippen LogP contribution in [0.4, 0.5) is 11.9 Å². The highest BCUT2D eigenvalue weighted by molar-refractivity contribution is 5.93. The van der Waals surface area contributed by atoms with Crippen molar-refractivity contribution in [2.75, 3.05) is 49.2 Å². The quantitative estimate of drug-likeness (QED) is 0.840. The molecule has 1 amide bonds. The van der Waals surface area contributed by atoms with Crippen LogP contribution >= 0.6 is 0 Å². The molecule has 26 heavy (non-hydrogen) atoms. The van der Waals surface area contributed by atoms with Crippen LogP contribution in [0, 0.1) is 0 Å². The van der Waals surface area contributed by atoms with Crippen molar-refractivity contribution < 1.29 is 13.9 Å². The minimum absolute atomic E-state index is 0.213. The number of anilines is 2. The van der Waals surface area contributed by atoms with Gasteiger partial charge in [-0.25, -0.2) is 0 Å². The maximum atomic E-state index is 12.1. The second-order valence-corrected chi connectivity index (χ2v) is 6.34. The molecule has 2 aliphatic heterocycles. The van der Waals surface area contributed by atoms with Crippen molar-refractivity contribution in [3.05, 3.63) is 30.0 Å². The van der Waals surface area contributed by atoms with Crippen LogP contribution in [0.5, 0.6) is 0 Å². The van der Waals surface area contributed by atoms with Crippen molar-refractivity contribution in [1.29, 1.82) is 0 Å². The van der Waals surface area contributed by atoms with E-state index in [4.69, 9.17) is 9.15 Å². The number of carbonyl (C=O) groups is 1. The normalized spacial score (nSPS) is 17.5. The maximum Gasteiger partial charge on any atom is 0.254 e. The van der Waals surface area contributed by atoms with Crippen LogP contribution in [0.2, 0.25) is 0 Å². The zero-order valence-corrected chi connectivity index (χ0v) is 14.6. The Hall–Kier alpha value is -2.68. The van der Waals surface area contributed by atoms with Gasteiger partial charge >= 0.3 is 0 Å². The molecular formula is C17H22N6O3. The topological polar surface area (TPSA) is 96.6 Å². The fraction of sp³-hybridized carbons (Fsp3) is 0.529. The van der Waals surface area contributed by atoms with Gasteiger partial charge < -0.3 is 24.3 Å². The van der Waals surface area contributed by atoms with E-state index in [0.29, 0.717) is 36.5 Å². The summed E-state index contributed by atoms with van der Waals surface area (Å²) in [6, 6.07) is 1.62. The number of rotatable bonds is 5. The van der Waals surface area contributed by atoms with Crippen molar-refractivity contribution in [2.45, 2.75) is 19.4 Å². The highest BCUT2D eigenvalue weighted by Crippen LogP contribution is 2.19. The molecule has 9 heteroatoms. The van der Waals surface area contributed by atoms with Gasteiger partial charge in [0.05, 0.1) is 31.6 Å². The van der Waals surface area contributed by atoms with Crippen molar-refractivity contribution >= 4 is 17.8 Å². The van der Waals surface area contributed by atoms with Crippen LogP contribution < -0.4 is 15.1 Å². The molecule has 0 radical (unpaired) electrons. The average Bonchev–Trinajstić information content (AvgIpc) is 3.40. The Kier molecular flexibility index (Phi) is 4.96. The van der Waals surface area contributed by atoms with E-state index in [1.54, 1.807) is 6.07 Å². The smallest absolute Gasteiger partial charge is 0.254 e. The van der Waals surface area contributed by atoms with E-state index in [0.717, 1.165) is 39.0 Å². The zero-order valence-electron chi connectivity index (χ0n) is 14.6. The number of hydrogen-bond donors (Lipinski definition) is 1. The van der Waals surface area contributed by atoms with Gasteiger partial charge in [-0.2, -0.15) is 15.0 Å². The van der Waals surface area contributed by atoms with E-state index >= 15 is 0 Å². The summed E-state index contributed by atoms with van der Waals surface area (Å²) in [5.74, 6) is 1.68. The van der Waals surface area contributed by atoms with Crippen LogP contribution in [0.3, 0.4) is 0 Å². The molecule has 2 aliphatic rings. The van der Waals surface area contributed by atoms with Crippen molar-refractivity contribution in [3.8, 4) is 0 Å². The van der Waals surface area contributed by atoms with Gasteiger partial charge in [-0.05, 0) is 18.9 Å². The second kappa shape index (κ2) is 7.69. The summed E-state index contributed by atoms with van der Waals surface area (Å²) >= 11 is 0. The molecular weight excluding hydrogens is 336 g/mol. The molecule has 9 nitrogen and oxygen atoms in total. The molecule has 2 saturated heterocycles. The highest BCUT2D eigenvalue weighted by Gasteiger charge is 2.21. The van der Waals surface area contributed by atoms with Gasteiger partial charge in [-0.1, -0.05) is 0 Å². The fourth-order valence-electron chi connectivity index (χ4n) is 3.09. The average molecular weight is 358 g/mol. The van der Waals surface area contributed by atoms with Gasteiger partial charge in [0.15, 0.2) is 5.82 Å². The summed E-state index contributed by atoms with van der Waals surface area (Å²) in [5.41, 5.74) is 0.479. The Morgan fingerprint density at radius 2 is 1.73 bits per heavy atom. The molecule has 4 rings (SSSR count). The van der Waals surface area contributed by atoms with Crippen LogP contribution in [-0.2, 0) is 11.3 Å². The third kappa shape index (κ3) is 3.77. The molecule has 0 aromatic carbocycles. The fourth-order valence-corrected chi connectivity index (χ4v) is 3.09. The molecule has 0 bridgehead atoms. The van der Waals surface area contributed by atoms with Gasteiger partial charge in [0.2, 0.25) is 11.9 Å². The van der Waals surface area contributed by atoms with Crippen molar-refractivity contribution in [3.63, 3.8) is 0 Å². The largest absolute Gasteiger partial charge is 0.472 e. The van der Waals surface area contributed by atoms with Crippen molar-refractivity contribution in [1.82, 2.24) is 20.3 Å². The van der Waals surface area contributed by atoms with Gasteiger partial charge in [0.25, 0.3) is 5.91 Å². The summed E-state index contributed by atoms with van der Waals surface area (Å²) in [4.78, 5) is 30.2. The van der Waals surface area contributed by atoms with Crippen LogP contribution in [-0.4, -0.2) is 60.3 Å². The summed E-state index contributed by atoms with van der Waals surface area (Å²) in [7, 11) is 0. The number of carbonyl (C=O) groups excluding carboxylic acids is 1. The monoisotopic (exact) mass is 358 g/mol. The van der Waals surface area contributed by atoms with Gasteiger partial charge in [0, 0.05) is 26.2 Å². The maximum absolute atomic E-state index is 12.1. The standard InChI is InChI=1S/C17H22N6O3/c24-15(13-3-8-26-12-13)18-11-14-19-16(22-4-1-2-5-22)21-17(20-14)23-6-9-25-10-7-23/h3,8,12H,1-2,4-7,9-11H2,(H,18,24). The number of hydrogen-bond acceptors (Lipinski definition) is 8. The Morgan fingerprint density at radius 3 is 2.38 bits per heavy atom. The summed E-state index contributed by atoms with van der Waals surface area (Å²) in [6.07, 6.45) is 5.17. The first-order valence-corrected chi connectivity index (χ1v) is 8.92. The predicted octanol–water partition coefficient (Wildman–Crippen LogP) is 0.831. The van der Waals surface area contributed by atoms with Gasteiger partial charge in [-0.15, -0.1) is 0 Å². The van der Waals surface area contributed by atoms with Crippen LogP contribution in [0.25, 0.3) is 0 Å². The molecule has 138 valence electrons. The highest BCUT2D eigenvalue weighted by atomic mass is 16.5. The lowest BCUT2D eigenvalue weighted by molar-refractivity contribution is 0.0949. The van der Waals surface area contributed by atoms with E-state index in [-0.39, 0.29) is 12.5 Å². The minimum Gasteiger partial charge on any atom is -0.472 e. The van der Waals surface area contributed by atoms with Crippen LogP contribution in [0.15, 0.2) is 23.0 Å². The first-order valence-electron chi connectivity index (χ1n) is 8.92. The first kappa shape index (κ1) is 16.8. The number of furan rings is 1. The molecule has 2 aromatic heterocycles. The Balaban J connectivity index is 1.53. The third-order valence-corrected chi connectivity index (χ3v) is 4.53. The number of ether oxygens (including phenoxy) is 1. The number of nitrogens with zero attached hydrogens (tertiary/aromatic N) is 5. The van der Waals surface area contributed by atoms with E-state index in [1.807, 2.05) is 0 Å². The van der Waals surface area contributed by atoms with E-state index in [9.17, 15) is 4.79 Å². The first-order chi connectivity index (χ1) is 12.8. The Morgan fingerprint density at radius 1 is 1.04 bits per heavy atom. The summed E-state index contributed by atoms with van der Waals surface area (Å²) < 4.78 is 10.4. The third-order valence-electron chi connectivity index (χ3n) is 4.53. The SMILES string of the molecule is O=C(NCc1nc(N2CCCC2)nc(N2CCOCC2)n1)c1ccoc1. The lowest BCUT2D eigenvalue weighted by Gasteiger charge is -2.28. The van der Waals surface area contributed by atoms with E-state index < -0.39 is 0 Å². The van der Waals surface area contributed by atoms with E-state index in [1.165, 1.54) is 12.5 Å². The molecule has 0 saturated carbocycles. The number of aromatic nitrogens is 3. The van der Waals surface area contributed by atoms with Crippen LogP contribution in [0.1, 0.15) is 29.0 Å². The Labute approximate surface area is 151 Å². The molecule has 4 heterocycles. The lowest BCUT2D eigenvalue weighted by Crippen LogP contribution is -2.38. The molecule has 0 atom stereocenters. The number of amides is 1. The molecule has 2 fully saturated rings. The number of morpholine rings is 1. The molecule has 0 spiro atoms. The lowest BCUT2D eigenvalue weighted by atomic mass is 10.3. The molecule has 2 aromatic rings. The molecule has 0 unspecified atom stereocenters. The van der Waals surface area contributed by atoms with E-state index in [2.05, 4.69) is 30.1 Å². The summed E-state index contributed by atoms with van der Waals surface area (Å²) in [5, 5.41) is 2.84. The molecule has 1 N–H and O–H groups in total.